The SMILES string of the molecule is COc1cc([N+](=O)[O-])c(N)c(Cl)c1OC. The van der Waals surface area contributed by atoms with Crippen molar-refractivity contribution in [3.63, 3.8) is 0 Å². The molecule has 15 heavy (non-hydrogen) atoms. The third-order valence-corrected chi connectivity index (χ3v) is 2.20. The Hall–Kier alpha value is -1.69. The van der Waals surface area contributed by atoms with Crippen LogP contribution in [0, 0.1) is 10.1 Å². The van der Waals surface area contributed by atoms with Crippen molar-refractivity contribution in [2.24, 2.45) is 0 Å². The largest absolute Gasteiger partial charge is 0.493 e. The molecule has 1 rings (SSSR count). The lowest BCUT2D eigenvalue weighted by atomic mass is 10.2. The highest BCUT2D eigenvalue weighted by atomic mass is 35.5. The number of anilines is 1. The second kappa shape index (κ2) is 4.22. The summed E-state index contributed by atoms with van der Waals surface area (Å²) in [6, 6.07) is 1.17. The number of benzene rings is 1. The number of ether oxygens (including phenoxy) is 2. The van der Waals surface area contributed by atoms with Gasteiger partial charge in [-0.05, 0) is 0 Å². The van der Waals surface area contributed by atoms with Crippen molar-refractivity contribution in [2.75, 3.05) is 20.0 Å². The molecule has 2 N–H and O–H groups in total. The van der Waals surface area contributed by atoms with Crippen molar-refractivity contribution in [3.05, 3.63) is 21.2 Å². The second-order valence-corrected chi connectivity index (χ2v) is 2.99. The van der Waals surface area contributed by atoms with Crippen LogP contribution in [0.25, 0.3) is 0 Å². The quantitative estimate of drug-likeness (QED) is 0.488. The zero-order valence-electron chi connectivity index (χ0n) is 8.11. The van der Waals surface area contributed by atoms with Crippen LogP contribution >= 0.6 is 11.6 Å². The maximum absolute atomic E-state index is 10.6. The molecule has 0 bridgehead atoms. The molecule has 0 aliphatic rings. The second-order valence-electron chi connectivity index (χ2n) is 2.62. The summed E-state index contributed by atoms with van der Waals surface area (Å²) in [5, 5.41) is 10.6. The molecule has 0 spiro atoms. The minimum absolute atomic E-state index is 0.0245. The molecule has 0 aromatic heterocycles. The van der Waals surface area contributed by atoms with Gasteiger partial charge in [-0.25, -0.2) is 0 Å². The summed E-state index contributed by atoms with van der Waals surface area (Å²) >= 11 is 5.79. The van der Waals surface area contributed by atoms with Crippen LogP contribution in [-0.2, 0) is 0 Å². The predicted molar refractivity (Wildman–Crippen MR) is 55.6 cm³/mol. The molecule has 0 saturated heterocycles. The molecule has 6 nitrogen and oxygen atoms in total. The maximum Gasteiger partial charge on any atom is 0.297 e. The highest BCUT2D eigenvalue weighted by Crippen LogP contribution is 2.44. The Labute approximate surface area is 90.7 Å². The van der Waals surface area contributed by atoms with Gasteiger partial charge in [-0.1, -0.05) is 11.6 Å². The fraction of sp³-hybridized carbons (Fsp3) is 0.250. The van der Waals surface area contributed by atoms with Gasteiger partial charge in [0.05, 0.1) is 25.2 Å². The third-order valence-electron chi connectivity index (χ3n) is 1.82. The van der Waals surface area contributed by atoms with E-state index in [0.717, 1.165) is 0 Å². The minimum Gasteiger partial charge on any atom is -0.493 e. The van der Waals surface area contributed by atoms with Crippen LogP contribution < -0.4 is 15.2 Å². The molecule has 0 saturated carbocycles. The van der Waals surface area contributed by atoms with Crippen molar-refractivity contribution < 1.29 is 14.4 Å². The summed E-state index contributed by atoms with van der Waals surface area (Å²) < 4.78 is 9.82. The van der Waals surface area contributed by atoms with Gasteiger partial charge in [0.2, 0.25) is 0 Å². The average molecular weight is 233 g/mol. The first-order valence-corrected chi connectivity index (χ1v) is 4.25. The number of nitro groups is 1. The molecule has 0 amide bonds. The highest BCUT2D eigenvalue weighted by molar-refractivity contribution is 6.35. The first-order valence-electron chi connectivity index (χ1n) is 3.87. The lowest BCUT2D eigenvalue weighted by Gasteiger charge is -2.10. The number of nitrogen functional groups attached to an aromatic ring is 1. The standard InChI is InChI=1S/C8H9ClN2O4/c1-14-5-3-4(11(12)13)7(10)6(9)8(5)15-2/h3H,10H2,1-2H3. The Kier molecular flexibility index (Phi) is 3.21. The Morgan fingerprint density at radius 1 is 1.47 bits per heavy atom. The maximum atomic E-state index is 10.6. The van der Waals surface area contributed by atoms with Gasteiger partial charge < -0.3 is 15.2 Å². The van der Waals surface area contributed by atoms with Gasteiger partial charge in [0.25, 0.3) is 5.69 Å². The van der Waals surface area contributed by atoms with E-state index in [0.29, 0.717) is 0 Å². The molecule has 0 aliphatic carbocycles. The molecule has 0 unspecified atom stereocenters. The number of nitrogens with zero attached hydrogens (tertiary/aromatic N) is 1. The number of rotatable bonds is 3. The Morgan fingerprint density at radius 3 is 2.47 bits per heavy atom. The van der Waals surface area contributed by atoms with E-state index in [1.54, 1.807) is 0 Å². The molecule has 0 heterocycles. The number of hydrogen-bond acceptors (Lipinski definition) is 5. The summed E-state index contributed by atoms with van der Waals surface area (Å²) in [5.41, 5.74) is 5.03. The van der Waals surface area contributed by atoms with Gasteiger partial charge in [-0.2, -0.15) is 0 Å². The number of nitro benzene ring substituents is 1. The Morgan fingerprint density at radius 2 is 2.07 bits per heavy atom. The van der Waals surface area contributed by atoms with Crippen molar-refractivity contribution >= 4 is 23.0 Å². The van der Waals surface area contributed by atoms with Gasteiger partial charge >= 0.3 is 0 Å². The Balaban J connectivity index is 3.49. The predicted octanol–water partition coefficient (Wildman–Crippen LogP) is 1.85. The van der Waals surface area contributed by atoms with E-state index in [-0.39, 0.29) is 27.9 Å². The van der Waals surface area contributed by atoms with E-state index >= 15 is 0 Å². The van der Waals surface area contributed by atoms with Crippen LogP contribution in [-0.4, -0.2) is 19.1 Å². The van der Waals surface area contributed by atoms with Gasteiger partial charge in [0.15, 0.2) is 11.5 Å². The van der Waals surface area contributed by atoms with Gasteiger partial charge in [-0.15, -0.1) is 0 Å². The fourth-order valence-corrected chi connectivity index (χ4v) is 1.37. The minimum atomic E-state index is -0.636. The van der Waals surface area contributed by atoms with Crippen LogP contribution in [0.5, 0.6) is 11.5 Å². The lowest BCUT2D eigenvalue weighted by molar-refractivity contribution is -0.384. The molecule has 7 heteroatoms. The van der Waals surface area contributed by atoms with Crippen LogP contribution in [0.3, 0.4) is 0 Å². The number of nitrogens with two attached hydrogens (primary N) is 1. The normalized spacial score (nSPS) is 9.80. The lowest BCUT2D eigenvalue weighted by Crippen LogP contribution is -2.00. The summed E-state index contributed by atoms with van der Waals surface area (Å²) in [4.78, 5) is 9.98. The van der Waals surface area contributed by atoms with E-state index in [1.807, 2.05) is 0 Å². The summed E-state index contributed by atoms with van der Waals surface area (Å²) in [5.74, 6) is 0.352. The third kappa shape index (κ3) is 1.89. The summed E-state index contributed by atoms with van der Waals surface area (Å²) in [7, 11) is 2.73. The molecule has 1 aromatic carbocycles. The van der Waals surface area contributed by atoms with E-state index in [9.17, 15) is 10.1 Å². The zero-order valence-corrected chi connectivity index (χ0v) is 8.87. The molecular formula is C8H9ClN2O4. The molecular weight excluding hydrogens is 224 g/mol. The molecule has 0 fully saturated rings. The fourth-order valence-electron chi connectivity index (χ4n) is 1.10. The van der Waals surface area contributed by atoms with Crippen LogP contribution in [0.4, 0.5) is 11.4 Å². The molecule has 0 radical (unpaired) electrons. The zero-order chi connectivity index (χ0) is 11.6. The smallest absolute Gasteiger partial charge is 0.297 e. The van der Waals surface area contributed by atoms with Crippen molar-refractivity contribution in [1.29, 1.82) is 0 Å². The van der Waals surface area contributed by atoms with Crippen LogP contribution in [0.1, 0.15) is 0 Å². The highest BCUT2D eigenvalue weighted by Gasteiger charge is 2.22. The van der Waals surface area contributed by atoms with E-state index in [1.165, 1.54) is 20.3 Å². The number of halogens is 1. The molecule has 82 valence electrons. The monoisotopic (exact) mass is 232 g/mol. The van der Waals surface area contributed by atoms with Gasteiger partial charge in [-0.3, -0.25) is 10.1 Å². The van der Waals surface area contributed by atoms with Gasteiger partial charge in [0.1, 0.15) is 10.7 Å². The van der Waals surface area contributed by atoms with Crippen molar-refractivity contribution in [3.8, 4) is 11.5 Å². The van der Waals surface area contributed by atoms with E-state index in [4.69, 9.17) is 26.8 Å². The molecule has 1 aromatic rings. The van der Waals surface area contributed by atoms with Crippen molar-refractivity contribution in [1.82, 2.24) is 0 Å². The molecule has 0 atom stereocenters. The topological polar surface area (TPSA) is 87.6 Å². The first kappa shape index (κ1) is 11.4. The average Bonchev–Trinajstić information content (AvgIpc) is 2.21. The Bertz CT molecular complexity index is 408. The van der Waals surface area contributed by atoms with Crippen molar-refractivity contribution in [2.45, 2.75) is 0 Å². The van der Waals surface area contributed by atoms with Gasteiger partial charge in [0, 0.05) is 0 Å². The van der Waals surface area contributed by atoms with Crippen LogP contribution in [0.15, 0.2) is 6.07 Å². The van der Waals surface area contributed by atoms with Crippen LogP contribution in [0.2, 0.25) is 5.02 Å². The van der Waals surface area contributed by atoms with E-state index in [2.05, 4.69) is 0 Å². The summed E-state index contributed by atoms with van der Waals surface area (Å²) in [6.45, 7) is 0. The number of hydrogen-bond donors (Lipinski definition) is 1. The first-order chi connectivity index (χ1) is 7.02. The number of methoxy groups -OCH3 is 2. The molecule has 0 aliphatic heterocycles. The summed E-state index contributed by atoms with van der Waals surface area (Å²) in [6.07, 6.45) is 0. The van der Waals surface area contributed by atoms with E-state index < -0.39 is 4.92 Å².